The molecular formula is C15H20BrNO3S. The summed E-state index contributed by atoms with van der Waals surface area (Å²) in [7, 11) is 0. The van der Waals surface area contributed by atoms with E-state index < -0.39 is 12.0 Å². The average molecular weight is 374 g/mol. The molecule has 1 atom stereocenters. The van der Waals surface area contributed by atoms with Crippen molar-refractivity contribution < 1.29 is 14.3 Å². The Morgan fingerprint density at radius 2 is 2.00 bits per heavy atom. The predicted molar refractivity (Wildman–Crippen MR) is 88.6 cm³/mol. The summed E-state index contributed by atoms with van der Waals surface area (Å²) < 4.78 is 5.91. The second kappa shape index (κ2) is 8.44. The van der Waals surface area contributed by atoms with Crippen LogP contribution in [0.2, 0.25) is 0 Å². The lowest BCUT2D eigenvalue weighted by Crippen LogP contribution is -2.40. The Hall–Kier alpha value is -1.01. The first kappa shape index (κ1) is 18.0. The summed E-state index contributed by atoms with van der Waals surface area (Å²) in [6.07, 6.45) is 0. The SMILES string of the molecule is CCOC(=O)C(C)NC(=O)CSc1cc(C)c(Br)cc1C. The molecular weight excluding hydrogens is 354 g/mol. The number of rotatable bonds is 6. The van der Waals surface area contributed by atoms with Gasteiger partial charge in [0.25, 0.3) is 0 Å². The van der Waals surface area contributed by atoms with Gasteiger partial charge >= 0.3 is 5.97 Å². The van der Waals surface area contributed by atoms with E-state index in [4.69, 9.17) is 4.74 Å². The molecule has 1 aromatic carbocycles. The summed E-state index contributed by atoms with van der Waals surface area (Å²) in [6.45, 7) is 7.68. The second-order valence-electron chi connectivity index (χ2n) is 4.70. The van der Waals surface area contributed by atoms with Crippen molar-refractivity contribution in [2.45, 2.75) is 38.6 Å². The van der Waals surface area contributed by atoms with Crippen LogP contribution in [0.15, 0.2) is 21.5 Å². The molecule has 0 aliphatic heterocycles. The molecule has 21 heavy (non-hydrogen) atoms. The van der Waals surface area contributed by atoms with Crippen molar-refractivity contribution in [1.29, 1.82) is 0 Å². The number of carbonyl (C=O) groups excluding carboxylic acids is 2. The van der Waals surface area contributed by atoms with Gasteiger partial charge in [0.2, 0.25) is 5.91 Å². The smallest absolute Gasteiger partial charge is 0.328 e. The van der Waals surface area contributed by atoms with Crippen molar-refractivity contribution in [3.63, 3.8) is 0 Å². The van der Waals surface area contributed by atoms with Crippen LogP contribution in [0.5, 0.6) is 0 Å². The molecule has 1 rings (SSSR count). The Bertz CT molecular complexity index is 534. The number of esters is 1. The molecule has 0 saturated carbocycles. The Morgan fingerprint density at radius 3 is 2.62 bits per heavy atom. The van der Waals surface area contributed by atoms with Crippen LogP contribution >= 0.6 is 27.7 Å². The van der Waals surface area contributed by atoms with Crippen LogP contribution in [0, 0.1) is 13.8 Å². The third-order valence-electron chi connectivity index (χ3n) is 2.83. The van der Waals surface area contributed by atoms with Crippen molar-refractivity contribution in [1.82, 2.24) is 5.32 Å². The zero-order chi connectivity index (χ0) is 16.0. The first-order valence-electron chi connectivity index (χ1n) is 6.70. The first-order chi connectivity index (χ1) is 9.85. The van der Waals surface area contributed by atoms with Gasteiger partial charge in [-0.15, -0.1) is 11.8 Å². The molecule has 1 aromatic rings. The maximum atomic E-state index is 11.8. The van der Waals surface area contributed by atoms with Crippen LogP contribution in [0.3, 0.4) is 0 Å². The number of ether oxygens (including phenoxy) is 1. The van der Waals surface area contributed by atoms with Crippen LogP contribution in [-0.2, 0) is 14.3 Å². The van der Waals surface area contributed by atoms with Gasteiger partial charge in [0, 0.05) is 9.37 Å². The molecule has 116 valence electrons. The number of halogens is 1. The van der Waals surface area contributed by atoms with Gasteiger partial charge in [-0.25, -0.2) is 4.79 Å². The normalized spacial score (nSPS) is 11.9. The minimum atomic E-state index is -0.620. The number of amides is 1. The van der Waals surface area contributed by atoms with Crippen LogP contribution in [0.4, 0.5) is 0 Å². The number of aryl methyl sites for hydroxylation is 2. The zero-order valence-corrected chi connectivity index (χ0v) is 15.1. The summed E-state index contributed by atoms with van der Waals surface area (Å²) in [4.78, 5) is 24.4. The van der Waals surface area contributed by atoms with E-state index in [1.807, 2.05) is 26.0 Å². The van der Waals surface area contributed by atoms with Crippen LogP contribution in [0.25, 0.3) is 0 Å². The Balaban J connectivity index is 2.54. The molecule has 0 bridgehead atoms. The molecule has 0 aliphatic rings. The van der Waals surface area contributed by atoms with E-state index in [0.717, 1.165) is 20.5 Å². The fraction of sp³-hybridized carbons (Fsp3) is 0.467. The fourth-order valence-corrected chi connectivity index (χ4v) is 3.04. The van der Waals surface area contributed by atoms with E-state index in [1.54, 1.807) is 13.8 Å². The lowest BCUT2D eigenvalue weighted by molar-refractivity contribution is -0.146. The number of hydrogen-bond donors (Lipinski definition) is 1. The number of hydrogen-bond acceptors (Lipinski definition) is 4. The van der Waals surface area contributed by atoms with Crippen LogP contribution < -0.4 is 5.32 Å². The number of carbonyl (C=O) groups is 2. The summed E-state index contributed by atoms with van der Waals surface area (Å²) in [6, 6.07) is 3.47. The predicted octanol–water partition coefficient (Wildman–Crippen LogP) is 3.23. The molecule has 0 aliphatic carbocycles. The second-order valence-corrected chi connectivity index (χ2v) is 6.57. The minimum absolute atomic E-state index is 0.180. The monoisotopic (exact) mass is 373 g/mol. The van der Waals surface area contributed by atoms with Gasteiger partial charge < -0.3 is 10.1 Å². The highest BCUT2D eigenvalue weighted by Crippen LogP contribution is 2.28. The first-order valence-corrected chi connectivity index (χ1v) is 8.48. The van der Waals surface area contributed by atoms with Crippen molar-refractivity contribution in [2.75, 3.05) is 12.4 Å². The Morgan fingerprint density at radius 1 is 1.33 bits per heavy atom. The standard InChI is InChI=1S/C15H20BrNO3S/c1-5-20-15(19)11(4)17-14(18)8-21-13-7-9(2)12(16)6-10(13)3/h6-7,11H,5,8H2,1-4H3,(H,17,18). The molecule has 1 unspecified atom stereocenters. The molecule has 6 heteroatoms. The maximum absolute atomic E-state index is 11.8. The lowest BCUT2D eigenvalue weighted by Gasteiger charge is -2.13. The molecule has 1 N–H and O–H groups in total. The van der Waals surface area contributed by atoms with Crippen molar-refractivity contribution in [2.24, 2.45) is 0 Å². The Labute approximate surface area is 138 Å². The highest BCUT2D eigenvalue weighted by Gasteiger charge is 2.16. The maximum Gasteiger partial charge on any atom is 0.328 e. The topological polar surface area (TPSA) is 55.4 Å². The van der Waals surface area contributed by atoms with Gasteiger partial charge in [-0.1, -0.05) is 15.9 Å². The summed E-state index contributed by atoms with van der Waals surface area (Å²) in [5.74, 6) is -0.321. The largest absolute Gasteiger partial charge is 0.464 e. The zero-order valence-electron chi connectivity index (χ0n) is 12.7. The quantitative estimate of drug-likeness (QED) is 0.614. The van der Waals surface area contributed by atoms with E-state index >= 15 is 0 Å². The lowest BCUT2D eigenvalue weighted by atomic mass is 10.2. The summed E-state index contributed by atoms with van der Waals surface area (Å²) in [5, 5.41) is 2.64. The molecule has 4 nitrogen and oxygen atoms in total. The van der Waals surface area contributed by atoms with E-state index in [1.165, 1.54) is 11.8 Å². The number of benzene rings is 1. The van der Waals surface area contributed by atoms with Gasteiger partial charge in [-0.2, -0.15) is 0 Å². The van der Waals surface area contributed by atoms with Gasteiger partial charge in [-0.3, -0.25) is 4.79 Å². The molecule has 1 amide bonds. The van der Waals surface area contributed by atoms with Crippen LogP contribution in [0.1, 0.15) is 25.0 Å². The molecule has 0 aromatic heterocycles. The molecule has 0 saturated heterocycles. The van der Waals surface area contributed by atoms with E-state index in [0.29, 0.717) is 6.61 Å². The highest BCUT2D eigenvalue weighted by atomic mass is 79.9. The van der Waals surface area contributed by atoms with Gasteiger partial charge in [-0.05, 0) is 51.0 Å². The summed E-state index contributed by atoms with van der Waals surface area (Å²) >= 11 is 4.94. The van der Waals surface area contributed by atoms with Crippen molar-refractivity contribution >= 4 is 39.6 Å². The average Bonchev–Trinajstić information content (AvgIpc) is 2.41. The van der Waals surface area contributed by atoms with Gasteiger partial charge in [0.1, 0.15) is 6.04 Å². The van der Waals surface area contributed by atoms with E-state index in [9.17, 15) is 9.59 Å². The van der Waals surface area contributed by atoms with Gasteiger partial charge in [0.15, 0.2) is 0 Å². The third kappa shape index (κ3) is 5.71. The molecule has 0 radical (unpaired) electrons. The van der Waals surface area contributed by atoms with Crippen molar-refractivity contribution in [3.8, 4) is 0 Å². The number of nitrogens with one attached hydrogen (secondary N) is 1. The van der Waals surface area contributed by atoms with Crippen molar-refractivity contribution in [3.05, 3.63) is 27.7 Å². The third-order valence-corrected chi connectivity index (χ3v) is 4.84. The van der Waals surface area contributed by atoms with Crippen LogP contribution in [-0.4, -0.2) is 30.3 Å². The number of thioether (sulfide) groups is 1. The van der Waals surface area contributed by atoms with E-state index in [2.05, 4.69) is 21.2 Å². The molecule has 0 spiro atoms. The van der Waals surface area contributed by atoms with E-state index in [-0.39, 0.29) is 11.7 Å². The molecule has 0 heterocycles. The highest BCUT2D eigenvalue weighted by molar-refractivity contribution is 9.10. The van der Waals surface area contributed by atoms with Gasteiger partial charge in [0.05, 0.1) is 12.4 Å². The summed E-state index contributed by atoms with van der Waals surface area (Å²) in [5.41, 5.74) is 2.24. The minimum Gasteiger partial charge on any atom is -0.464 e. The Kier molecular flexibility index (Phi) is 7.25. The molecule has 0 fully saturated rings. The fourth-order valence-electron chi connectivity index (χ4n) is 1.66.